The average molecular weight is 553 g/mol. The van der Waals surface area contributed by atoms with Gasteiger partial charge < -0.3 is 24.5 Å². The fourth-order valence-electron chi connectivity index (χ4n) is 5.31. The highest BCUT2D eigenvalue weighted by atomic mass is 16.7. The number of aryl methyl sites for hydroxylation is 1. The van der Waals surface area contributed by atoms with Gasteiger partial charge in [-0.25, -0.2) is 4.68 Å². The molecule has 0 unspecified atom stereocenters. The molecule has 1 aliphatic rings. The zero-order valence-corrected chi connectivity index (χ0v) is 22.7. The minimum Gasteiger partial charge on any atom is -0.506 e. The molecule has 3 aromatic carbocycles. The third kappa shape index (κ3) is 4.33. The number of nitrogens with zero attached hydrogens (tertiary/aromatic N) is 3. The Labute approximate surface area is 234 Å². The second kappa shape index (κ2) is 10.1. The predicted octanol–water partition coefficient (Wildman–Crippen LogP) is 4.20. The minimum atomic E-state index is -0.745. The molecule has 41 heavy (non-hydrogen) atoms. The second-order valence-corrected chi connectivity index (χ2v) is 9.98. The van der Waals surface area contributed by atoms with Gasteiger partial charge in [-0.05, 0) is 48.9 Å². The van der Waals surface area contributed by atoms with E-state index in [-0.39, 0.29) is 30.1 Å². The predicted molar refractivity (Wildman–Crippen MR) is 154 cm³/mol. The summed E-state index contributed by atoms with van der Waals surface area (Å²) in [5.74, 6) is 0.154. The van der Waals surface area contributed by atoms with Crippen LogP contribution in [-0.4, -0.2) is 31.6 Å². The van der Waals surface area contributed by atoms with E-state index < -0.39 is 17.4 Å². The van der Waals surface area contributed by atoms with Crippen molar-refractivity contribution in [3.05, 3.63) is 110 Å². The number of aromatic nitrogens is 3. The molecule has 0 saturated carbocycles. The topological polar surface area (TPSA) is 117 Å². The molecule has 0 amide bonds. The summed E-state index contributed by atoms with van der Waals surface area (Å²) in [6.45, 7) is 1.89. The first-order chi connectivity index (χ1) is 19.8. The van der Waals surface area contributed by atoms with Crippen molar-refractivity contribution < 1.29 is 19.4 Å². The molecule has 2 N–H and O–H groups in total. The third-order valence-electron chi connectivity index (χ3n) is 7.62. The van der Waals surface area contributed by atoms with Crippen LogP contribution in [0.4, 0.5) is 5.69 Å². The van der Waals surface area contributed by atoms with Gasteiger partial charge in [0.15, 0.2) is 17.3 Å². The Morgan fingerprint density at radius 1 is 0.951 bits per heavy atom. The van der Waals surface area contributed by atoms with Crippen LogP contribution in [0.25, 0.3) is 16.6 Å². The Morgan fingerprint density at radius 2 is 1.66 bits per heavy atom. The van der Waals surface area contributed by atoms with Crippen LogP contribution in [0, 0.1) is 6.92 Å². The van der Waals surface area contributed by atoms with Gasteiger partial charge in [0, 0.05) is 25.9 Å². The lowest BCUT2D eigenvalue weighted by Crippen LogP contribution is -2.27. The maximum atomic E-state index is 13.8. The monoisotopic (exact) mass is 552 g/mol. The third-order valence-corrected chi connectivity index (χ3v) is 7.62. The number of fused-ring (bicyclic) bond motifs is 2. The van der Waals surface area contributed by atoms with Crippen molar-refractivity contribution in [3.63, 3.8) is 0 Å². The van der Waals surface area contributed by atoms with E-state index in [1.54, 1.807) is 65.9 Å². The highest BCUT2D eigenvalue weighted by molar-refractivity contribution is 6.03. The van der Waals surface area contributed by atoms with Crippen LogP contribution < -0.4 is 25.9 Å². The van der Waals surface area contributed by atoms with E-state index in [1.807, 2.05) is 37.3 Å². The van der Waals surface area contributed by atoms with Crippen molar-refractivity contribution >= 4 is 22.4 Å². The SMILES string of the molecule is Cc1c(N[C@H](CC(=O)c2c(O)c3ccccc3n(C)c2=O)c2ccc3c(c2)OCO3)c(=O)n(-c2ccccc2)n1C. The van der Waals surface area contributed by atoms with E-state index in [0.717, 1.165) is 0 Å². The summed E-state index contributed by atoms with van der Waals surface area (Å²) >= 11 is 0. The molecule has 2 aromatic heterocycles. The minimum absolute atomic E-state index is 0.0798. The van der Waals surface area contributed by atoms with Gasteiger partial charge in [0.2, 0.25) is 6.79 Å². The molecular weight excluding hydrogens is 524 g/mol. The zero-order valence-electron chi connectivity index (χ0n) is 22.7. The Hall–Kier alpha value is -5.25. The highest BCUT2D eigenvalue weighted by Gasteiger charge is 2.28. The van der Waals surface area contributed by atoms with Gasteiger partial charge in [0.25, 0.3) is 11.1 Å². The number of carbonyl (C=O) groups is 1. The van der Waals surface area contributed by atoms with Crippen molar-refractivity contribution in [2.45, 2.75) is 19.4 Å². The fourth-order valence-corrected chi connectivity index (χ4v) is 5.31. The number of hydrogen-bond acceptors (Lipinski definition) is 7. The fraction of sp³-hybridized carbons (Fsp3) is 0.194. The molecule has 0 fully saturated rings. The van der Waals surface area contributed by atoms with Crippen molar-refractivity contribution in [2.75, 3.05) is 12.1 Å². The average Bonchev–Trinajstić information content (AvgIpc) is 3.54. The highest BCUT2D eigenvalue weighted by Crippen LogP contribution is 2.37. The van der Waals surface area contributed by atoms with Crippen molar-refractivity contribution in [1.29, 1.82) is 0 Å². The number of ether oxygens (including phenoxy) is 2. The van der Waals surface area contributed by atoms with Gasteiger partial charge in [0.1, 0.15) is 17.0 Å². The molecular formula is C31H28N4O6. The van der Waals surface area contributed by atoms with Crippen molar-refractivity contribution in [3.8, 4) is 22.9 Å². The van der Waals surface area contributed by atoms with Gasteiger partial charge in [-0.1, -0.05) is 36.4 Å². The Balaban J connectivity index is 1.44. The Bertz CT molecular complexity index is 1940. The van der Waals surface area contributed by atoms with Crippen LogP contribution in [0.2, 0.25) is 0 Å². The van der Waals surface area contributed by atoms with Gasteiger partial charge >= 0.3 is 0 Å². The first-order valence-corrected chi connectivity index (χ1v) is 13.1. The number of Topliss-reactive ketones (excluding diaryl/α,β-unsaturated/α-hetero) is 1. The van der Waals surface area contributed by atoms with E-state index >= 15 is 0 Å². The number of rotatable bonds is 7. The number of carbonyl (C=O) groups excluding carboxylic acids is 1. The lowest BCUT2D eigenvalue weighted by Gasteiger charge is -2.20. The molecule has 0 spiro atoms. The van der Waals surface area contributed by atoms with Gasteiger partial charge in [-0.15, -0.1) is 0 Å². The number of para-hydroxylation sites is 2. The number of hydrogen-bond donors (Lipinski definition) is 2. The summed E-state index contributed by atoms with van der Waals surface area (Å²) < 4.78 is 15.6. The van der Waals surface area contributed by atoms with Crippen LogP contribution in [0.1, 0.15) is 34.1 Å². The van der Waals surface area contributed by atoms with Gasteiger partial charge in [-0.2, -0.15) is 0 Å². The summed E-state index contributed by atoms with van der Waals surface area (Å²) in [6, 6.07) is 20.6. The van der Waals surface area contributed by atoms with Gasteiger partial charge in [0.05, 0.1) is 22.9 Å². The standard InChI is InChI=1S/C31H28N4O6/c1-18-28(31(39)35(34(18)3)20-9-5-4-6-10-20)32-22(19-13-14-25-26(15-19)41-17-40-25)16-24(36)27-29(37)21-11-7-8-12-23(21)33(2)30(27)38/h4-15,22,32,37H,16-17H2,1-3H3/t22-/m1/s1. The summed E-state index contributed by atoms with van der Waals surface area (Å²) in [6.07, 6.45) is -0.222. The number of benzene rings is 3. The van der Waals surface area contributed by atoms with Crippen LogP contribution in [0.5, 0.6) is 17.2 Å². The normalized spacial score (nSPS) is 13.0. The smallest absolute Gasteiger partial charge is 0.295 e. The Kier molecular flexibility index (Phi) is 6.37. The van der Waals surface area contributed by atoms with Crippen LogP contribution in [-0.2, 0) is 14.1 Å². The molecule has 0 radical (unpaired) electrons. The number of aromatic hydroxyl groups is 1. The number of ketones is 1. The van der Waals surface area contributed by atoms with E-state index in [4.69, 9.17) is 9.47 Å². The lowest BCUT2D eigenvalue weighted by atomic mass is 9.96. The largest absolute Gasteiger partial charge is 0.506 e. The molecule has 10 heteroatoms. The molecule has 1 aliphatic heterocycles. The van der Waals surface area contributed by atoms with E-state index in [2.05, 4.69) is 5.32 Å². The number of anilines is 1. The lowest BCUT2D eigenvalue weighted by molar-refractivity contribution is 0.0972. The molecule has 1 atom stereocenters. The van der Waals surface area contributed by atoms with E-state index in [9.17, 15) is 19.5 Å². The summed E-state index contributed by atoms with van der Waals surface area (Å²) in [5, 5.41) is 14.7. The number of pyridine rings is 1. The zero-order chi connectivity index (χ0) is 28.8. The van der Waals surface area contributed by atoms with Crippen molar-refractivity contribution in [2.24, 2.45) is 14.1 Å². The first-order valence-electron chi connectivity index (χ1n) is 13.1. The first kappa shape index (κ1) is 26.0. The van der Waals surface area contributed by atoms with E-state index in [1.165, 1.54) is 4.57 Å². The van der Waals surface area contributed by atoms with Gasteiger partial charge in [-0.3, -0.25) is 19.1 Å². The maximum Gasteiger partial charge on any atom is 0.295 e. The molecule has 10 nitrogen and oxygen atoms in total. The van der Waals surface area contributed by atoms with E-state index in [0.29, 0.717) is 45.0 Å². The molecule has 0 aliphatic carbocycles. The summed E-state index contributed by atoms with van der Waals surface area (Å²) in [7, 11) is 3.35. The Morgan fingerprint density at radius 3 is 2.44 bits per heavy atom. The molecule has 0 saturated heterocycles. The summed E-state index contributed by atoms with van der Waals surface area (Å²) in [5.41, 5.74) is 1.62. The number of nitrogens with one attached hydrogen (secondary N) is 1. The van der Waals surface area contributed by atoms with Crippen LogP contribution in [0.3, 0.4) is 0 Å². The molecule has 208 valence electrons. The quantitative estimate of drug-likeness (QED) is 0.291. The van der Waals surface area contributed by atoms with Crippen molar-refractivity contribution in [1.82, 2.24) is 13.9 Å². The molecule has 0 bridgehead atoms. The molecule has 3 heterocycles. The van der Waals surface area contributed by atoms with Crippen LogP contribution in [0.15, 0.2) is 82.4 Å². The summed E-state index contributed by atoms with van der Waals surface area (Å²) in [4.78, 5) is 40.7. The maximum absolute atomic E-state index is 13.8. The molecule has 6 rings (SSSR count). The van der Waals surface area contributed by atoms with Crippen LogP contribution >= 0.6 is 0 Å². The molecule has 5 aromatic rings. The second-order valence-electron chi connectivity index (χ2n) is 9.98.